The van der Waals surface area contributed by atoms with Crippen molar-refractivity contribution in [1.29, 1.82) is 0 Å². The van der Waals surface area contributed by atoms with Gasteiger partial charge in [-0.15, -0.1) is 0 Å². The molecule has 0 radical (unpaired) electrons. The van der Waals surface area contributed by atoms with E-state index in [4.69, 9.17) is 0 Å². The topological polar surface area (TPSA) is 48.9 Å². The summed E-state index contributed by atoms with van der Waals surface area (Å²) in [5, 5.41) is 9.93. The number of nitrogens with zero attached hydrogens (tertiary/aromatic N) is 1. The van der Waals surface area contributed by atoms with Gasteiger partial charge in [0.15, 0.2) is 0 Å². The summed E-state index contributed by atoms with van der Waals surface area (Å²) in [4.78, 5) is 7.49. The number of aliphatic hydroxyl groups is 1. The average Bonchev–Trinajstić information content (AvgIpc) is 2.64. The zero-order valence-electron chi connectivity index (χ0n) is 8.94. The molecule has 2 N–H and O–H groups in total. The molecule has 0 aliphatic carbocycles. The molecule has 0 spiro atoms. The van der Waals surface area contributed by atoms with Crippen LogP contribution in [0, 0.1) is 6.92 Å². The summed E-state index contributed by atoms with van der Waals surface area (Å²) in [5.74, 6) is 0.897. The third-order valence-electron chi connectivity index (χ3n) is 2.46. The Kier molecular flexibility index (Phi) is 3.60. The molecule has 2 aromatic rings. The molecule has 1 atom stereocenters. The fourth-order valence-corrected chi connectivity index (χ4v) is 1.97. The van der Waals surface area contributed by atoms with Crippen molar-refractivity contribution in [1.82, 2.24) is 9.97 Å². The number of H-pyrrole nitrogens is 1. The Labute approximate surface area is 108 Å². The van der Waals surface area contributed by atoms with Crippen LogP contribution in [0.25, 0.3) is 11.0 Å². The van der Waals surface area contributed by atoms with Crippen LogP contribution in [-0.4, -0.2) is 15.1 Å². The van der Waals surface area contributed by atoms with E-state index in [0.29, 0.717) is 6.42 Å². The molecule has 4 heteroatoms. The van der Waals surface area contributed by atoms with Crippen molar-refractivity contribution in [3.05, 3.63) is 39.7 Å². The molecular weight excluding hydrogens is 315 g/mol. The average molecular weight is 328 g/mol. The van der Waals surface area contributed by atoms with E-state index in [-0.39, 0.29) is 0 Å². The molecule has 0 fully saturated rings. The monoisotopic (exact) mass is 328 g/mol. The molecule has 0 saturated carbocycles. The maximum absolute atomic E-state index is 9.93. The lowest BCUT2D eigenvalue weighted by molar-refractivity contribution is 0.182. The highest BCUT2D eigenvalue weighted by molar-refractivity contribution is 14.1. The smallest absolute Gasteiger partial charge is 0.104 e. The van der Waals surface area contributed by atoms with Gasteiger partial charge in [-0.3, -0.25) is 0 Å². The molecule has 3 nitrogen and oxygen atoms in total. The van der Waals surface area contributed by atoms with Crippen molar-refractivity contribution >= 4 is 33.6 Å². The predicted octanol–water partition coefficient (Wildman–Crippen LogP) is 3.24. The normalized spacial score (nSPS) is 13.7. The summed E-state index contributed by atoms with van der Waals surface area (Å²) in [5.41, 5.74) is 2.84. The van der Waals surface area contributed by atoms with Gasteiger partial charge in [-0.2, -0.15) is 0 Å². The van der Waals surface area contributed by atoms with E-state index in [1.54, 1.807) is 0 Å². The minimum Gasteiger partial charge on any atom is -0.388 e. The van der Waals surface area contributed by atoms with Crippen LogP contribution in [0.4, 0.5) is 0 Å². The van der Waals surface area contributed by atoms with Gasteiger partial charge in [-0.05, 0) is 35.1 Å². The van der Waals surface area contributed by atoms with Crippen LogP contribution in [0.3, 0.4) is 0 Å². The van der Waals surface area contributed by atoms with Crippen molar-refractivity contribution in [2.45, 2.75) is 19.4 Å². The van der Waals surface area contributed by atoms with E-state index in [9.17, 15) is 5.11 Å². The molecule has 0 bridgehead atoms. The van der Waals surface area contributed by atoms with E-state index in [1.165, 1.54) is 0 Å². The third-order valence-corrected chi connectivity index (χ3v) is 2.97. The summed E-state index contributed by atoms with van der Waals surface area (Å²) in [7, 11) is 0. The van der Waals surface area contributed by atoms with Crippen molar-refractivity contribution in [2.75, 3.05) is 0 Å². The quantitative estimate of drug-likeness (QED) is 0.850. The number of aryl methyl sites for hydroxylation is 1. The van der Waals surface area contributed by atoms with Crippen LogP contribution in [0.5, 0.6) is 0 Å². The molecule has 0 amide bonds. The summed E-state index contributed by atoms with van der Waals surface area (Å²) < 4.78 is 1.92. The molecule has 1 aromatic carbocycles. The van der Waals surface area contributed by atoms with Crippen LogP contribution in [0.1, 0.15) is 23.9 Å². The molecule has 0 aliphatic rings. The lowest BCUT2D eigenvalue weighted by atomic mass is 10.1. The van der Waals surface area contributed by atoms with Crippen LogP contribution >= 0.6 is 22.6 Å². The highest BCUT2D eigenvalue weighted by Crippen LogP contribution is 2.21. The molecule has 2 rings (SSSR count). The zero-order valence-corrected chi connectivity index (χ0v) is 11.1. The molecule has 0 aliphatic heterocycles. The van der Waals surface area contributed by atoms with E-state index < -0.39 is 6.10 Å². The first-order valence-electron chi connectivity index (χ1n) is 5.10. The van der Waals surface area contributed by atoms with Gasteiger partial charge in [0.25, 0.3) is 0 Å². The molecule has 1 aromatic heterocycles. The number of halogens is 1. The fourth-order valence-electron chi connectivity index (χ4n) is 1.68. The lowest BCUT2D eigenvalue weighted by Crippen LogP contribution is -1.95. The Bertz CT molecular complexity index is 519. The molecule has 0 saturated heterocycles. The van der Waals surface area contributed by atoms with Crippen molar-refractivity contribution in [2.24, 2.45) is 0 Å². The molecular formula is C12H13IN2O. The number of hydrogen-bond donors (Lipinski definition) is 2. The van der Waals surface area contributed by atoms with Gasteiger partial charge in [0, 0.05) is 0 Å². The van der Waals surface area contributed by atoms with Gasteiger partial charge in [-0.25, -0.2) is 4.98 Å². The van der Waals surface area contributed by atoms with Gasteiger partial charge in [0.05, 0.1) is 17.1 Å². The van der Waals surface area contributed by atoms with E-state index >= 15 is 0 Å². The Hall–Kier alpha value is -0.880. The van der Waals surface area contributed by atoms with E-state index in [1.807, 2.05) is 35.3 Å². The Morgan fingerprint density at radius 2 is 2.38 bits per heavy atom. The highest BCUT2D eigenvalue weighted by Gasteiger charge is 2.07. The fraction of sp³-hybridized carbons (Fsp3) is 0.250. The maximum atomic E-state index is 9.93. The number of aromatic nitrogens is 2. The number of benzene rings is 1. The summed E-state index contributed by atoms with van der Waals surface area (Å²) >= 11 is 2.15. The maximum Gasteiger partial charge on any atom is 0.104 e. The van der Waals surface area contributed by atoms with Gasteiger partial charge >= 0.3 is 0 Å². The number of hydrogen-bond acceptors (Lipinski definition) is 2. The Morgan fingerprint density at radius 3 is 3.12 bits per heavy atom. The number of aromatic amines is 1. The van der Waals surface area contributed by atoms with Crippen molar-refractivity contribution in [3.63, 3.8) is 0 Å². The number of fused-ring (bicyclic) bond motifs is 1. The first-order chi connectivity index (χ1) is 7.70. The minimum atomic E-state index is -0.445. The predicted molar refractivity (Wildman–Crippen MR) is 73.6 cm³/mol. The van der Waals surface area contributed by atoms with Gasteiger partial charge < -0.3 is 10.1 Å². The van der Waals surface area contributed by atoms with Crippen LogP contribution in [0.15, 0.2) is 28.4 Å². The molecule has 1 heterocycles. The Balaban J connectivity index is 2.31. The number of nitrogens with one attached hydrogen (secondary N) is 1. The van der Waals surface area contributed by atoms with Crippen molar-refractivity contribution in [3.8, 4) is 0 Å². The zero-order chi connectivity index (χ0) is 11.5. The highest BCUT2D eigenvalue weighted by atomic mass is 127. The van der Waals surface area contributed by atoms with Gasteiger partial charge in [0.1, 0.15) is 5.82 Å². The van der Waals surface area contributed by atoms with Gasteiger partial charge in [-0.1, -0.05) is 34.7 Å². The molecule has 16 heavy (non-hydrogen) atoms. The van der Waals surface area contributed by atoms with Crippen LogP contribution < -0.4 is 0 Å². The third kappa shape index (κ3) is 2.44. The van der Waals surface area contributed by atoms with Crippen LogP contribution in [-0.2, 0) is 0 Å². The SMILES string of the molecule is Cc1nc2ccc([C@H](O)C/C=C/I)cc2[nH]1. The second-order valence-corrected chi connectivity index (χ2v) is 4.43. The number of imidazole rings is 1. The molecule has 84 valence electrons. The second kappa shape index (κ2) is 4.97. The summed E-state index contributed by atoms with van der Waals surface area (Å²) in [6, 6.07) is 5.82. The second-order valence-electron chi connectivity index (χ2n) is 3.71. The minimum absolute atomic E-state index is 0.445. The van der Waals surface area contributed by atoms with Gasteiger partial charge in [0.2, 0.25) is 0 Å². The first kappa shape index (κ1) is 11.6. The van der Waals surface area contributed by atoms with E-state index in [2.05, 4.69) is 32.6 Å². The lowest BCUT2D eigenvalue weighted by Gasteiger charge is -2.07. The Morgan fingerprint density at radius 1 is 1.56 bits per heavy atom. The number of rotatable bonds is 3. The molecule has 0 unspecified atom stereocenters. The van der Waals surface area contributed by atoms with E-state index in [0.717, 1.165) is 22.4 Å². The first-order valence-corrected chi connectivity index (χ1v) is 6.35. The van der Waals surface area contributed by atoms with Crippen LogP contribution in [0.2, 0.25) is 0 Å². The van der Waals surface area contributed by atoms with Crippen molar-refractivity contribution < 1.29 is 5.11 Å². The largest absolute Gasteiger partial charge is 0.388 e. The summed E-state index contributed by atoms with van der Waals surface area (Å²) in [6.07, 6.45) is 2.15. The standard InChI is InChI=1S/C12H13IN2O/c1-8-14-10-5-4-9(7-11(10)15-8)12(16)3-2-6-13/h2,4-7,12,16H,3H2,1H3,(H,14,15)/b6-2+/t12-/m1/s1. The summed E-state index contributed by atoms with van der Waals surface area (Å²) in [6.45, 7) is 1.93. The number of aliphatic hydroxyl groups excluding tert-OH is 1.